The summed E-state index contributed by atoms with van der Waals surface area (Å²) in [4.78, 5) is 86.8. The monoisotopic (exact) mass is 1130 g/mol. The Morgan fingerprint density at radius 2 is 1.54 bits per heavy atom. The van der Waals surface area contributed by atoms with Crippen LogP contribution in [0.4, 0.5) is 0 Å². The third-order valence-electron chi connectivity index (χ3n) is 17.7. The summed E-state index contributed by atoms with van der Waals surface area (Å²) in [6, 6.07) is 8.32. The van der Waals surface area contributed by atoms with E-state index in [0.717, 1.165) is 11.0 Å². The third kappa shape index (κ3) is 17.0. The maximum absolute atomic E-state index is 14.7. The molecule has 448 valence electrons. The molecule has 1 aliphatic carbocycles. The fourth-order valence-electron chi connectivity index (χ4n) is 12.0. The number of Topliss-reactive ketones (excluding diaryl/α,β-unsaturated/α-hetero) is 3. The highest BCUT2D eigenvalue weighted by Crippen LogP contribution is 2.39. The number of fused-ring (bicyclic) bond motifs is 3. The Balaban J connectivity index is 1.23. The minimum atomic E-state index is -2.46. The van der Waals surface area contributed by atoms with Crippen molar-refractivity contribution in [2.45, 2.75) is 193 Å². The van der Waals surface area contributed by atoms with Crippen molar-refractivity contribution in [3.05, 3.63) is 77.9 Å². The Bertz CT molecular complexity index is 2420. The van der Waals surface area contributed by atoms with E-state index in [1.807, 2.05) is 75.4 Å². The number of aliphatic hydroxyl groups excluding tert-OH is 1. The first-order chi connectivity index (χ1) is 38.5. The van der Waals surface area contributed by atoms with E-state index in [4.69, 9.17) is 37.7 Å². The molecule has 6 rings (SSSR count). The molecular weight excluding hydrogens is 1040 g/mol. The quantitative estimate of drug-likeness (QED) is 0.105. The van der Waals surface area contributed by atoms with Gasteiger partial charge in [0.05, 0.1) is 18.3 Å². The maximum atomic E-state index is 14.7. The van der Waals surface area contributed by atoms with Gasteiger partial charge >= 0.3 is 19.1 Å². The molecule has 4 heterocycles. The molecule has 81 heavy (non-hydrogen) atoms. The van der Waals surface area contributed by atoms with Gasteiger partial charge in [-0.1, -0.05) is 101 Å². The molecule has 2 bridgehead atoms. The number of ketones is 3. The number of ether oxygens (including phenoxy) is 6. The summed E-state index contributed by atoms with van der Waals surface area (Å²) in [5.74, 6) is -8.67. The zero-order valence-electron chi connectivity index (χ0n) is 49.9. The number of esters is 2. The highest BCUT2D eigenvalue weighted by molar-refractivity contribution is 6.61. The number of piperidine rings is 1. The number of hydrogen-bond acceptors (Lipinski definition) is 16. The molecule has 17 nitrogen and oxygen atoms in total. The van der Waals surface area contributed by atoms with E-state index in [1.165, 1.54) is 12.0 Å². The molecule has 1 amide bonds. The lowest BCUT2D eigenvalue weighted by molar-refractivity contribution is -0.265. The van der Waals surface area contributed by atoms with Gasteiger partial charge in [0.25, 0.3) is 11.7 Å². The molecule has 18 heteroatoms. The third-order valence-corrected chi connectivity index (χ3v) is 17.7. The fourth-order valence-corrected chi connectivity index (χ4v) is 12.0. The maximum Gasteiger partial charge on any atom is 0.493 e. The highest BCUT2D eigenvalue weighted by atomic mass is 16.6. The van der Waals surface area contributed by atoms with Crippen LogP contribution in [0.15, 0.2) is 77.9 Å². The largest absolute Gasteiger partial charge is 0.493 e. The molecule has 4 aliphatic heterocycles. The van der Waals surface area contributed by atoms with Gasteiger partial charge in [0.2, 0.25) is 5.79 Å². The van der Waals surface area contributed by atoms with Gasteiger partial charge in [-0.2, -0.15) is 0 Å². The van der Waals surface area contributed by atoms with Crippen molar-refractivity contribution >= 4 is 47.8 Å². The molecule has 4 fully saturated rings. The van der Waals surface area contributed by atoms with Crippen molar-refractivity contribution in [2.75, 3.05) is 41.1 Å². The molecule has 0 unspecified atom stereocenters. The summed E-state index contributed by atoms with van der Waals surface area (Å²) < 4.78 is 48.2. The molecular formula is C63H92BNO16. The summed E-state index contributed by atoms with van der Waals surface area (Å²) in [6.07, 6.45) is 11.4. The summed E-state index contributed by atoms with van der Waals surface area (Å²) in [7, 11) is 3.95. The number of carbonyl (C=O) groups is 6. The standard InChI is InChI=1S/C63H92BNO16/c1-39-20-14-12-15-21-40(2)52(74-9)35-48-29-27-45(7)63(73,81-48)58(69)59(70)65-31-19-18-24-49(65)60(71)79-53(36-50(66)42(4)32-44(6)56(68)57(76-11)55(67)41(3)26-25-39)43(5)33-46-28-30-51(54(34-46)75-10)80-61(72)62(8)37-77-64(78-38-62)47-22-16-13-17-23-47/h12-17,20-23,32,39,41-43,45-46,48-49,51-54,56-57,68,73H,18-19,24-31,33-38H2,1-11H3/b15-12+,20-14+,40-21+,44-32+/t39-,41-,42-,43-,45-,46+,48+,49+,51-,52+,53+,54-,56-,57+,63-/m1/s1. The highest BCUT2D eigenvalue weighted by Gasteiger charge is 2.53. The van der Waals surface area contributed by atoms with Crippen LogP contribution in [-0.2, 0) is 66.5 Å². The second-order valence-corrected chi connectivity index (χ2v) is 24.2. The summed E-state index contributed by atoms with van der Waals surface area (Å²) in [6.45, 7) is 14.8. The molecule has 1 aromatic rings. The number of methoxy groups -OCH3 is 3. The van der Waals surface area contributed by atoms with Crippen LogP contribution in [0, 0.1) is 40.9 Å². The lowest BCUT2D eigenvalue weighted by atomic mass is 9.75. The zero-order chi connectivity index (χ0) is 59.2. The smallest absolute Gasteiger partial charge is 0.460 e. The molecule has 1 saturated carbocycles. The van der Waals surface area contributed by atoms with E-state index < -0.39 is 114 Å². The first-order valence-electron chi connectivity index (χ1n) is 29.5. The first-order valence-corrected chi connectivity index (χ1v) is 29.5. The lowest BCUT2D eigenvalue weighted by Gasteiger charge is -2.42. The normalized spacial score (nSPS) is 36.6. The Labute approximate surface area is 481 Å². The second-order valence-electron chi connectivity index (χ2n) is 24.2. The van der Waals surface area contributed by atoms with Crippen molar-refractivity contribution in [3.8, 4) is 0 Å². The minimum absolute atomic E-state index is 0.000201. The summed E-state index contributed by atoms with van der Waals surface area (Å²) in [5, 5.41) is 23.7. The van der Waals surface area contributed by atoms with E-state index in [2.05, 4.69) is 13.0 Å². The number of aliphatic hydroxyl groups is 2. The Kier molecular flexibility index (Phi) is 24.5. The number of cyclic esters (lactones) is 1. The predicted octanol–water partition coefficient (Wildman–Crippen LogP) is 7.57. The van der Waals surface area contributed by atoms with Crippen LogP contribution < -0.4 is 5.46 Å². The van der Waals surface area contributed by atoms with Crippen LogP contribution in [0.5, 0.6) is 0 Å². The summed E-state index contributed by atoms with van der Waals surface area (Å²) in [5.41, 5.74) is 1.07. The molecule has 15 atom stereocenters. The number of allylic oxidation sites excluding steroid dienone is 6. The van der Waals surface area contributed by atoms with E-state index >= 15 is 0 Å². The number of amides is 1. The number of carbonyl (C=O) groups excluding carboxylic acids is 6. The van der Waals surface area contributed by atoms with Crippen LogP contribution in [0.1, 0.15) is 139 Å². The van der Waals surface area contributed by atoms with Crippen LogP contribution in [-0.4, -0.2) is 153 Å². The van der Waals surface area contributed by atoms with Crippen molar-refractivity contribution in [3.63, 3.8) is 0 Å². The molecule has 1 aromatic carbocycles. The Hall–Kier alpha value is -4.66. The van der Waals surface area contributed by atoms with Gasteiger partial charge in [-0.25, -0.2) is 4.79 Å². The Morgan fingerprint density at radius 3 is 2.22 bits per heavy atom. The average molecular weight is 1130 g/mol. The van der Waals surface area contributed by atoms with Gasteiger partial charge in [-0.3, -0.25) is 24.0 Å². The van der Waals surface area contributed by atoms with Crippen LogP contribution in [0.2, 0.25) is 0 Å². The van der Waals surface area contributed by atoms with Crippen molar-refractivity contribution in [2.24, 2.45) is 40.9 Å². The molecule has 0 aromatic heterocycles. The number of nitrogens with zero attached hydrogens (tertiary/aromatic N) is 1. The van der Waals surface area contributed by atoms with E-state index in [9.17, 15) is 39.0 Å². The second kappa shape index (κ2) is 30.2. The van der Waals surface area contributed by atoms with Crippen molar-refractivity contribution in [1.82, 2.24) is 4.90 Å². The van der Waals surface area contributed by atoms with Gasteiger partial charge in [0.1, 0.15) is 41.7 Å². The number of rotatable bonds is 9. The van der Waals surface area contributed by atoms with E-state index in [-0.39, 0.29) is 56.0 Å². The molecule has 0 radical (unpaired) electrons. The SMILES string of the molecule is CO[C@H]1C[C@@H]2CC[C@@H](C)[C@@](O)(O2)C(=O)C(=O)N2CCCC[C@H]2C(=O)O[C@H]([C@H](C)C[C@@H]2CC[C@@H](OC(=O)C3(C)COB(c4ccccc4)OC3)[C@H](OC)C2)CC(=O)[C@H](C)/C=C(\C)[C@@H](O)[C@@H](OC)C(=O)[C@H](C)CC[C@H](C)/C=C/C=C/C=C/1C. The molecule has 5 aliphatic rings. The number of hydrogen-bond donors (Lipinski definition) is 2. The van der Waals surface area contributed by atoms with Crippen molar-refractivity contribution in [1.29, 1.82) is 0 Å². The molecule has 2 N–H and O–H groups in total. The van der Waals surface area contributed by atoms with Gasteiger partial charge in [-0.05, 0) is 126 Å². The molecule has 3 saturated heterocycles. The van der Waals surface area contributed by atoms with Gasteiger partial charge in [-0.15, -0.1) is 0 Å². The van der Waals surface area contributed by atoms with E-state index in [0.29, 0.717) is 76.2 Å². The van der Waals surface area contributed by atoms with Crippen LogP contribution in [0.3, 0.4) is 0 Å². The Morgan fingerprint density at radius 1 is 0.827 bits per heavy atom. The van der Waals surface area contributed by atoms with Gasteiger partial charge < -0.3 is 52.8 Å². The minimum Gasteiger partial charge on any atom is -0.460 e. The van der Waals surface area contributed by atoms with Crippen LogP contribution >= 0.6 is 0 Å². The lowest BCUT2D eigenvalue weighted by Crippen LogP contribution is -2.61. The fraction of sp³-hybridized carbons (Fsp3) is 0.683. The van der Waals surface area contributed by atoms with Crippen molar-refractivity contribution < 1.29 is 76.7 Å². The molecule has 0 spiro atoms. The average Bonchev–Trinajstić information content (AvgIpc) is 3.47. The van der Waals surface area contributed by atoms with Crippen LogP contribution in [0.25, 0.3) is 0 Å². The topological polar surface area (TPSA) is 220 Å². The first kappa shape index (κ1) is 65.5. The number of benzene rings is 1. The van der Waals surface area contributed by atoms with E-state index in [1.54, 1.807) is 48.0 Å². The summed E-state index contributed by atoms with van der Waals surface area (Å²) >= 11 is 0. The van der Waals surface area contributed by atoms with Gasteiger partial charge in [0, 0.05) is 71.7 Å². The predicted molar refractivity (Wildman–Crippen MR) is 305 cm³/mol. The zero-order valence-corrected chi connectivity index (χ0v) is 49.9. The van der Waals surface area contributed by atoms with Gasteiger partial charge in [0.15, 0.2) is 5.78 Å².